The lowest BCUT2D eigenvalue weighted by Gasteiger charge is -2.04. The molecule has 0 saturated heterocycles. The van der Waals surface area contributed by atoms with E-state index in [4.69, 9.17) is 8.83 Å². The van der Waals surface area contributed by atoms with Crippen molar-refractivity contribution in [2.75, 3.05) is 5.32 Å². The fourth-order valence-corrected chi connectivity index (χ4v) is 1.92. The van der Waals surface area contributed by atoms with Gasteiger partial charge in [0.05, 0.1) is 6.26 Å². The van der Waals surface area contributed by atoms with E-state index in [1.54, 1.807) is 42.5 Å². The molecule has 0 bridgehead atoms. The third-order valence-electron chi connectivity index (χ3n) is 2.89. The molecule has 21 heavy (non-hydrogen) atoms. The van der Waals surface area contributed by atoms with Crippen molar-refractivity contribution in [1.82, 2.24) is 0 Å². The molecule has 0 unspecified atom stereocenters. The summed E-state index contributed by atoms with van der Waals surface area (Å²) in [6.07, 6.45) is 2.08. The number of carbonyl (C=O) groups excluding carboxylic acids is 2. The summed E-state index contributed by atoms with van der Waals surface area (Å²) < 4.78 is 10.4. The SMILES string of the molecule is O=Cc1ccc(-c2cccc(NC(=O)c3ccco3)c2)o1. The van der Waals surface area contributed by atoms with E-state index in [9.17, 15) is 9.59 Å². The molecule has 3 rings (SSSR count). The second-order valence-electron chi connectivity index (χ2n) is 4.33. The van der Waals surface area contributed by atoms with Crippen LogP contribution in [0, 0.1) is 0 Å². The van der Waals surface area contributed by atoms with Crippen LogP contribution < -0.4 is 5.32 Å². The maximum atomic E-state index is 11.9. The Hall–Kier alpha value is -3.08. The molecular formula is C16H11NO4. The largest absolute Gasteiger partial charge is 0.459 e. The first-order valence-electron chi connectivity index (χ1n) is 6.26. The number of anilines is 1. The lowest BCUT2D eigenvalue weighted by molar-refractivity contribution is 0.0996. The maximum Gasteiger partial charge on any atom is 0.291 e. The van der Waals surface area contributed by atoms with Crippen molar-refractivity contribution in [3.05, 3.63) is 66.3 Å². The van der Waals surface area contributed by atoms with Crippen LogP contribution in [0.2, 0.25) is 0 Å². The van der Waals surface area contributed by atoms with Crippen molar-refractivity contribution >= 4 is 17.9 Å². The number of furan rings is 2. The van der Waals surface area contributed by atoms with E-state index in [0.29, 0.717) is 17.7 Å². The molecular weight excluding hydrogens is 270 g/mol. The van der Waals surface area contributed by atoms with E-state index in [0.717, 1.165) is 5.56 Å². The molecule has 0 radical (unpaired) electrons. The van der Waals surface area contributed by atoms with Gasteiger partial charge in [-0.3, -0.25) is 9.59 Å². The molecule has 3 aromatic rings. The summed E-state index contributed by atoms with van der Waals surface area (Å²) in [7, 11) is 0. The third-order valence-corrected chi connectivity index (χ3v) is 2.89. The first-order valence-corrected chi connectivity index (χ1v) is 6.26. The second kappa shape index (κ2) is 5.50. The molecule has 0 aliphatic rings. The van der Waals surface area contributed by atoms with Gasteiger partial charge in [0.15, 0.2) is 17.8 Å². The average Bonchev–Trinajstić information content (AvgIpc) is 3.19. The van der Waals surface area contributed by atoms with Crippen LogP contribution in [0.4, 0.5) is 5.69 Å². The van der Waals surface area contributed by atoms with Gasteiger partial charge in [-0.1, -0.05) is 12.1 Å². The van der Waals surface area contributed by atoms with E-state index in [1.807, 2.05) is 6.07 Å². The minimum Gasteiger partial charge on any atom is -0.459 e. The quantitative estimate of drug-likeness (QED) is 0.741. The first kappa shape index (κ1) is 12.9. The zero-order chi connectivity index (χ0) is 14.7. The lowest BCUT2D eigenvalue weighted by atomic mass is 10.1. The Balaban J connectivity index is 1.83. The molecule has 104 valence electrons. The van der Waals surface area contributed by atoms with E-state index >= 15 is 0 Å². The predicted octanol–water partition coefficient (Wildman–Crippen LogP) is 3.60. The van der Waals surface area contributed by atoms with Gasteiger partial charge in [0.2, 0.25) is 0 Å². The molecule has 1 aromatic carbocycles. The Bertz CT molecular complexity index is 771. The second-order valence-corrected chi connectivity index (χ2v) is 4.33. The number of hydrogen-bond donors (Lipinski definition) is 1. The summed E-state index contributed by atoms with van der Waals surface area (Å²) in [5, 5.41) is 2.73. The molecule has 2 heterocycles. The number of carbonyl (C=O) groups is 2. The van der Waals surface area contributed by atoms with E-state index in [-0.39, 0.29) is 17.4 Å². The Morgan fingerprint density at radius 2 is 2.00 bits per heavy atom. The van der Waals surface area contributed by atoms with Crippen LogP contribution in [0.1, 0.15) is 21.1 Å². The highest BCUT2D eigenvalue weighted by Crippen LogP contribution is 2.24. The Labute approximate surface area is 120 Å². The van der Waals surface area contributed by atoms with Crippen LogP contribution in [0.15, 0.2) is 63.6 Å². The van der Waals surface area contributed by atoms with E-state index in [1.165, 1.54) is 6.26 Å². The molecule has 0 aliphatic heterocycles. The first-order chi connectivity index (χ1) is 10.3. The topological polar surface area (TPSA) is 72.5 Å². The molecule has 1 amide bonds. The van der Waals surface area contributed by atoms with Gasteiger partial charge in [0.1, 0.15) is 5.76 Å². The Kier molecular flexibility index (Phi) is 3.39. The van der Waals surface area contributed by atoms with Crippen molar-refractivity contribution in [2.45, 2.75) is 0 Å². The van der Waals surface area contributed by atoms with Gasteiger partial charge in [-0.2, -0.15) is 0 Å². The van der Waals surface area contributed by atoms with Crippen LogP contribution >= 0.6 is 0 Å². The minimum absolute atomic E-state index is 0.238. The van der Waals surface area contributed by atoms with E-state index < -0.39 is 0 Å². The number of aldehydes is 1. The van der Waals surface area contributed by atoms with Crippen LogP contribution in [-0.4, -0.2) is 12.2 Å². The van der Waals surface area contributed by atoms with Gasteiger partial charge < -0.3 is 14.2 Å². The van der Waals surface area contributed by atoms with Crippen molar-refractivity contribution < 1.29 is 18.4 Å². The van der Waals surface area contributed by atoms with Gasteiger partial charge >= 0.3 is 0 Å². The number of nitrogens with one attached hydrogen (secondary N) is 1. The summed E-state index contributed by atoms with van der Waals surface area (Å²) >= 11 is 0. The molecule has 0 saturated carbocycles. The number of rotatable bonds is 4. The van der Waals surface area contributed by atoms with Crippen LogP contribution in [0.25, 0.3) is 11.3 Å². The number of benzene rings is 1. The molecule has 2 aromatic heterocycles. The molecule has 0 aliphatic carbocycles. The summed E-state index contributed by atoms with van der Waals surface area (Å²) in [6, 6.07) is 13.7. The summed E-state index contributed by atoms with van der Waals surface area (Å²) in [5.74, 6) is 0.730. The predicted molar refractivity (Wildman–Crippen MR) is 76.2 cm³/mol. The lowest BCUT2D eigenvalue weighted by Crippen LogP contribution is -2.10. The number of amides is 1. The molecule has 0 atom stereocenters. The minimum atomic E-state index is -0.329. The molecule has 5 nitrogen and oxygen atoms in total. The maximum absolute atomic E-state index is 11.9. The molecule has 0 fully saturated rings. The van der Waals surface area contributed by atoms with Crippen LogP contribution in [0.5, 0.6) is 0 Å². The van der Waals surface area contributed by atoms with E-state index in [2.05, 4.69) is 5.32 Å². The molecule has 5 heteroatoms. The third kappa shape index (κ3) is 2.76. The van der Waals surface area contributed by atoms with Crippen molar-refractivity contribution in [1.29, 1.82) is 0 Å². The normalized spacial score (nSPS) is 10.3. The number of hydrogen-bond acceptors (Lipinski definition) is 4. The summed E-state index contributed by atoms with van der Waals surface area (Å²) in [5.41, 5.74) is 1.37. The monoisotopic (exact) mass is 281 g/mol. The zero-order valence-corrected chi connectivity index (χ0v) is 10.9. The highest BCUT2D eigenvalue weighted by Gasteiger charge is 2.10. The highest BCUT2D eigenvalue weighted by molar-refractivity contribution is 6.02. The van der Waals surface area contributed by atoms with Gasteiger partial charge in [-0.25, -0.2) is 0 Å². The van der Waals surface area contributed by atoms with Gasteiger partial charge in [0.25, 0.3) is 5.91 Å². The Morgan fingerprint density at radius 3 is 2.71 bits per heavy atom. The van der Waals surface area contributed by atoms with Gasteiger partial charge in [-0.05, 0) is 36.4 Å². The smallest absolute Gasteiger partial charge is 0.291 e. The van der Waals surface area contributed by atoms with Crippen LogP contribution in [0.3, 0.4) is 0 Å². The Morgan fingerprint density at radius 1 is 1.10 bits per heavy atom. The molecule has 0 spiro atoms. The fraction of sp³-hybridized carbons (Fsp3) is 0. The van der Waals surface area contributed by atoms with Gasteiger partial charge in [-0.15, -0.1) is 0 Å². The van der Waals surface area contributed by atoms with Crippen molar-refractivity contribution in [3.8, 4) is 11.3 Å². The highest BCUT2D eigenvalue weighted by atomic mass is 16.3. The molecule has 1 N–H and O–H groups in total. The summed E-state index contributed by atoms with van der Waals surface area (Å²) in [4.78, 5) is 22.5. The van der Waals surface area contributed by atoms with Crippen LogP contribution in [-0.2, 0) is 0 Å². The fourth-order valence-electron chi connectivity index (χ4n) is 1.92. The van der Waals surface area contributed by atoms with Crippen molar-refractivity contribution in [3.63, 3.8) is 0 Å². The summed E-state index contributed by atoms with van der Waals surface area (Å²) in [6.45, 7) is 0. The standard InChI is InChI=1S/C16H11NO4/c18-10-13-6-7-14(21-13)11-3-1-4-12(9-11)17-16(19)15-5-2-8-20-15/h1-10H,(H,17,19). The van der Waals surface area contributed by atoms with Gasteiger partial charge in [0, 0.05) is 11.3 Å². The zero-order valence-electron chi connectivity index (χ0n) is 10.9. The van der Waals surface area contributed by atoms with Crippen molar-refractivity contribution in [2.24, 2.45) is 0 Å². The average molecular weight is 281 g/mol.